The van der Waals surface area contributed by atoms with E-state index in [9.17, 15) is 27.5 Å². The zero-order valence-corrected chi connectivity index (χ0v) is 24.5. The fraction of sp³-hybridized carbons (Fsp3) is 0.233. The molecule has 1 N–H and O–H groups in total. The minimum Gasteiger partial charge on any atom is -0.507 e. The first-order valence-electron chi connectivity index (χ1n) is 13.3. The molecule has 0 spiro atoms. The van der Waals surface area contributed by atoms with Crippen LogP contribution in [0.15, 0.2) is 64.8 Å². The lowest BCUT2D eigenvalue weighted by Crippen LogP contribution is -2.56. The summed E-state index contributed by atoms with van der Waals surface area (Å²) >= 11 is 0. The van der Waals surface area contributed by atoms with Crippen molar-refractivity contribution in [2.75, 3.05) is 37.3 Å². The van der Waals surface area contributed by atoms with Crippen LogP contribution >= 0.6 is 0 Å². The van der Waals surface area contributed by atoms with E-state index in [2.05, 4.69) is 21.4 Å². The van der Waals surface area contributed by atoms with Crippen LogP contribution in [0.2, 0.25) is 0 Å². The average molecular weight is 621 g/mol. The van der Waals surface area contributed by atoms with E-state index in [1.807, 2.05) is 0 Å². The minimum atomic E-state index is -3.91. The Morgan fingerprint density at radius 2 is 1.91 bits per heavy atom. The summed E-state index contributed by atoms with van der Waals surface area (Å²) in [5, 5.41) is 10.4. The predicted molar refractivity (Wildman–Crippen MR) is 159 cm³/mol. The normalized spacial score (nSPS) is 15.3. The summed E-state index contributed by atoms with van der Waals surface area (Å²) in [4.78, 5) is 41.2. The highest BCUT2D eigenvalue weighted by Gasteiger charge is 2.34. The number of aromatic hydroxyl groups is 1. The van der Waals surface area contributed by atoms with E-state index in [0.717, 1.165) is 35.1 Å². The largest absolute Gasteiger partial charge is 0.507 e. The third-order valence-electron chi connectivity index (χ3n) is 7.40. The Morgan fingerprint density at radius 3 is 2.57 bits per heavy atom. The van der Waals surface area contributed by atoms with Crippen molar-refractivity contribution in [1.82, 2.24) is 19.4 Å². The molecule has 1 saturated heterocycles. The van der Waals surface area contributed by atoms with E-state index in [1.54, 1.807) is 17.9 Å². The lowest BCUT2D eigenvalue weighted by Gasteiger charge is -2.39. The molecule has 1 aliphatic heterocycles. The van der Waals surface area contributed by atoms with Crippen molar-refractivity contribution >= 4 is 32.6 Å². The van der Waals surface area contributed by atoms with Gasteiger partial charge in [0.1, 0.15) is 29.1 Å². The summed E-state index contributed by atoms with van der Waals surface area (Å²) < 4.78 is 57.3. The van der Waals surface area contributed by atoms with E-state index in [4.69, 9.17) is 6.57 Å². The van der Waals surface area contributed by atoms with Crippen LogP contribution < -0.4 is 10.6 Å². The molecule has 1 aliphatic rings. The fourth-order valence-corrected chi connectivity index (χ4v) is 6.33. The second kappa shape index (κ2) is 11.5. The maximum atomic E-state index is 15.8. The van der Waals surface area contributed by atoms with Crippen LogP contribution in [0.1, 0.15) is 5.56 Å². The highest BCUT2D eigenvalue weighted by Crippen LogP contribution is 2.36. The number of halogens is 2. The second-order valence-electron chi connectivity index (χ2n) is 10.2. The molecule has 1 amide bonds. The van der Waals surface area contributed by atoms with Gasteiger partial charge < -0.3 is 19.8 Å². The van der Waals surface area contributed by atoms with Gasteiger partial charge in [0, 0.05) is 25.9 Å². The number of anilines is 1. The Kier molecular flexibility index (Phi) is 7.92. The number of benzene rings is 2. The molecule has 5 rings (SSSR count). The molecular weight excluding hydrogens is 594 g/mol. The SMILES string of the molecule is [C-]#[N+]CC1CN(c2nc(=O)n(-c3c(C)cccc3S(C)(=O)=O)c3nc(-c4c(O)cccc4F)c(F)cc23)CCN1C(=O)C=C. The first-order chi connectivity index (χ1) is 20.9. The number of hydrogen-bond donors (Lipinski definition) is 1. The molecule has 0 radical (unpaired) electrons. The topological polar surface area (TPSA) is 130 Å². The van der Waals surface area contributed by atoms with Gasteiger partial charge in [-0.2, -0.15) is 4.98 Å². The molecule has 44 heavy (non-hydrogen) atoms. The number of rotatable bonds is 6. The molecular formula is C30H26F2N6O5S. The van der Waals surface area contributed by atoms with Gasteiger partial charge in [-0.25, -0.2) is 38.1 Å². The van der Waals surface area contributed by atoms with E-state index in [0.29, 0.717) is 5.56 Å². The Balaban J connectivity index is 1.85. The number of phenolic OH excluding ortho intramolecular Hbond substituents is 1. The number of piperazine rings is 1. The molecule has 11 nitrogen and oxygen atoms in total. The molecule has 226 valence electrons. The number of aryl methyl sites for hydroxylation is 1. The monoisotopic (exact) mass is 620 g/mol. The highest BCUT2D eigenvalue weighted by molar-refractivity contribution is 7.90. The van der Waals surface area contributed by atoms with Gasteiger partial charge in [0.25, 0.3) is 0 Å². The van der Waals surface area contributed by atoms with E-state index >= 15 is 4.39 Å². The Morgan fingerprint density at radius 1 is 1.18 bits per heavy atom. The Hall–Kier alpha value is -5.16. The van der Waals surface area contributed by atoms with Gasteiger partial charge in [-0.1, -0.05) is 24.8 Å². The summed E-state index contributed by atoms with van der Waals surface area (Å²) in [5.41, 5.74) is -2.07. The number of aromatic nitrogens is 3. The number of sulfone groups is 1. The van der Waals surface area contributed by atoms with Crippen molar-refractivity contribution in [3.05, 3.63) is 94.2 Å². The fourth-order valence-electron chi connectivity index (χ4n) is 5.41. The number of phenols is 1. The molecule has 0 saturated carbocycles. The molecule has 3 heterocycles. The standard InChI is InChI=1S/C30H26F2N6O5S/c1-5-24(40)37-13-12-36(16-18(37)15-33-3)28-19-14-21(32)26(25-20(31)9-7-10-22(25)39)34-29(19)38(30(41)35-28)27-17(2)8-6-11-23(27)44(4,42)43/h5-11,14,18,39H,1,12-13,15-16H2,2,4H3. The van der Waals surface area contributed by atoms with Crippen LogP contribution in [0.5, 0.6) is 5.75 Å². The first kappa shape index (κ1) is 30.3. The second-order valence-corrected chi connectivity index (χ2v) is 12.2. The van der Waals surface area contributed by atoms with Gasteiger partial charge in [0.2, 0.25) is 12.5 Å². The van der Waals surface area contributed by atoms with Crippen molar-refractivity contribution < 1.29 is 27.1 Å². The Labute approximate surface area is 251 Å². The number of carbonyl (C=O) groups is 1. The first-order valence-corrected chi connectivity index (χ1v) is 15.2. The molecule has 4 aromatic rings. The molecule has 14 heteroatoms. The number of para-hydroxylation sites is 1. The van der Waals surface area contributed by atoms with Crippen LogP contribution in [-0.2, 0) is 14.6 Å². The summed E-state index contributed by atoms with van der Waals surface area (Å²) in [6, 6.07) is 8.16. The zero-order chi connectivity index (χ0) is 31.9. The highest BCUT2D eigenvalue weighted by atomic mass is 32.2. The molecule has 0 bridgehead atoms. The number of amides is 1. The summed E-state index contributed by atoms with van der Waals surface area (Å²) in [6.07, 6.45) is 2.11. The van der Waals surface area contributed by atoms with Crippen LogP contribution in [0, 0.1) is 25.1 Å². The van der Waals surface area contributed by atoms with Crippen molar-refractivity contribution in [3.63, 3.8) is 0 Å². The molecule has 1 fully saturated rings. The quantitative estimate of drug-likeness (QED) is 0.257. The summed E-state index contributed by atoms with van der Waals surface area (Å²) in [6.45, 7) is 12.7. The number of pyridine rings is 1. The molecule has 1 unspecified atom stereocenters. The van der Waals surface area contributed by atoms with E-state index in [1.165, 1.54) is 23.1 Å². The van der Waals surface area contributed by atoms with Crippen LogP contribution in [0.3, 0.4) is 0 Å². The number of carbonyl (C=O) groups excluding carboxylic acids is 1. The summed E-state index contributed by atoms with van der Waals surface area (Å²) in [5.74, 6) is -3.01. The van der Waals surface area contributed by atoms with E-state index in [-0.39, 0.29) is 59.5 Å². The van der Waals surface area contributed by atoms with Gasteiger partial charge in [0.05, 0.1) is 21.5 Å². The van der Waals surface area contributed by atoms with Crippen molar-refractivity contribution in [2.45, 2.75) is 17.9 Å². The van der Waals surface area contributed by atoms with Gasteiger partial charge in [-0.05, 0) is 42.8 Å². The lowest BCUT2D eigenvalue weighted by atomic mass is 10.1. The van der Waals surface area contributed by atoms with Gasteiger partial charge >= 0.3 is 5.69 Å². The molecule has 1 atom stereocenters. The van der Waals surface area contributed by atoms with E-state index < -0.39 is 50.2 Å². The summed E-state index contributed by atoms with van der Waals surface area (Å²) in [7, 11) is -3.91. The lowest BCUT2D eigenvalue weighted by molar-refractivity contribution is -0.128. The number of hydrogen-bond acceptors (Lipinski definition) is 8. The smallest absolute Gasteiger partial charge is 0.355 e. The van der Waals surface area contributed by atoms with Gasteiger partial charge in [-0.3, -0.25) is 4.79 Å². The van der Waals surface area contributed by atoms with Crippen molar-refractivity contribution in [1.29, 1.82) is 0 Å². The maximum Gasteiger partial charge on any atom is 0.355 e. The van der Waals surface area contributed by atoms with Crippen LogP contribution in [-0.4, -0.2) is 77.3 Å². The maximum absolute atomic E-state index is 15.8. The van der Waals surface area contributed by atoms with Gasteiger partial charge in [-0.15, -0.1) is 0 Å². The molecule has 0 aliphatic carbocycles. The zero-order valence-electron chi connectivity index (χ0n) is 23.7. The van der Waals surface area contributed by atoms with Gasteiger partial charge in [0.15, 0.2) is 21.3 Å². The van der Waals surface area contributed by atoms with Crippen molar-refractivity contribution in [2.24, 2.45) is 0 Å². The van der Waals surface area contributed by atoms with Crippen molar-refractivity contribution in [3.8, 4) is 22.7 Å². The Bertz CT molecular complexity index is 2040. The number of fused-ring (bicyclic) bond motifs is 1. The third-order valence-corrected chi connectivity index (χ3v) is 8.52. The van der Waals surface area contributed by atoms with Crippen LogP contribution in [0.25, 0.3) is 32.8 Å². The van der Waals surface area contributed by atoms with Crippen LogP contribution in [0.4, 0.5) is 14.6 Å². The number of nitrogens with zero attached hydrogens (tertiary/aromatic N) is 6. The molecule has 2 aromatic heterocycles. The minimum absolute atomic E-state index is 0.0190. The third kappa shape index (κ3) is 5.26. The predicted octanol–water partition coefficient (Wildman–Crippen LogP) is 3.27. The molecule has 2 aromatic carbocycles. The average Bonchev–Trinajstić information content (AvgIpc) is 2.97.